The van der Waals surface area contributed by atoms with Crippen LogP contribution in [0.3, 0.4) is 0 Å². The van der Waals surface area contributed by atoms with E-state index < -0.39 is 0 Å². The summed E-state index contributed by atoms with van der Waals surface area (Å²) in [6.45, 7) is 2.31. The number of hydrogen-bond acceptors (Lipinski definition) is 1. The molecule has 0 saturated carbocycles. The summed E-state index contributed by atoms with van der Waals surface area (Å²) in [6, 6.07) is 19.8. The highest BCUT2D eigenvalue weighted by Gasteiger charge is 2.31. The van der Waals surface area contributed by atoms with Crippen LogP contribution < -0.4 is 5.73 Å². The Kier molecular flexibility index (Phi) is 3.39. The van der Waals surface area contributed by atoms with Crippen LogP contribution in [0.5, 0.6) is 0 Å². The minimum atomic E-state index is 0.269. The molecule has 2 aromatic rings. The zero-order chi connectivity index (χ0) is 13.2. The van der Waals surface area contributed by atoms with Gasteiger partial charge in [-0.05, 0) is 35.4 Å². The minimum Gasteiger partial charge on any atom is -0.327 e. The normalized spacial score (nSPS) is 23.7. The highest BCUT2D eigenvalue weighted by molar-refractivity contribution is 5.38. The second-order valence-electron chi connectivity index (χ2n) is 5.63. The summed E-state index contributed by atoms with van der Waals surface area (Å²) in [7, 11) is 0. The van der Waals surface area contributed by atoms with Crippen molar-refractivity contribution in [1.29, 1.82) is 0 Å². The molecular formula is C18H21N. The van der Waals surface area contributed by atoms with Gasteiger partial charge < -0.3 is 5.73 Å². The van der Waals surface area contributed by atoms with E-state index in [4.69, 9.17) is 5.73 Å². The quantitative estimate of drug-likeness (QED) is 0.862. The van der Waals surface area contributed by atoms with E-state index in [-0.39, 0.29) is 6.04 Å². The molecule has 0 amide bonds. The van der Waals surface area contributed by atoms with Gasteiger partial charge in [0.15, 0.2) is 0 Å². The summed E-state index contributed by atoms with van der Waals surface area (Å²) in [4.78, 5) is 0. The molecule has 19 heavy (non-hydrogen) atoms. The lowest BCUT2D eigenvalue weighted by Gasteiger charge is -2.35. The van der Waals surface area contributed by atoms with Crippen molar-refractivity contribution in [2.75, 3.05) is 0 Å². The molecule has 3 unspecified atom stereocenters. The monoisotopic (exact) mass is 251 g/mol. The molecule has 3 rings (SSSR count). The van der Waals surface area contributed by atoms with Gasteiger partial charge >= 0.3 is 0 Å². The zero-order valence-corrected chi connectivity index (χ0v) is 11.4. The number of benzene rings is 2. The molecule has 0 fully saturated rings. The van der Waals surface area contributed by atoms with Gasteiger partial charge in [0, 0.05) is 12.0 Å². The molecule has 1 heteroatoms. The lowest BCUT2D eigenvalue weighted by Crippen LogP contribution is -2.35. The Morgan fingerprint density at radius 3 is 2.47 bits per heavy atom. The maximum atomic E-state index is 6.43. The third-order valence-corrected chi connectivity index (χ3v) is 4.49. The van der Waals surface area contributed by atoms with Crippen molar-refractivity contribution < 1.29 is 0 Å². The molecule has 0 saturated heterocycles. The first-order chi connectivity index (χ1) is 9.27. The van der Waals surface area contributed by atoms with Crippen LogP contribution >= 0.6 is 0 Å². The molecule has 1 aliphatic carbocycles. The highest BCUT2D eigenvalue weighted by Crippen LogP contribution is 2.40. The van der Waals surface area contributed by atoms with Gasteiger partial charge in [-0.3, -0.25) is 0 Å². The van der Waals surface area contributed by atoms with Gasteiger partial charge in [-0.15, -0.1) is 0 Å². The Morgan fingerprint density at radius 1 is 1.00 bits per heavy atom. The van der Waals surface area contributed by atoms with E-state index >= 15 is 0 Å². The molecular weight excluding hydrogens is 230 g/mol. The fraction of sp³-hybridized carbons (Fsp3) is 0.333. The Hall–Kier alpha value is -1.60. The molecule has 0 aromatic heterocycles. The average Bonchev–Trinajstić information content (AvgIpc) is 2.47. The van der Waals surface area contributed by atoms with Crippen molar-refractivity contribution in [3.05, 3.63) is 71.3 Å². The van der Waals surface area contributed by atoms with Crippen molar-refractivity contribution >= 4 is 0 Å². The van der Waals surface area contributed by atoms with Crippen LogP contribution in [-0.4, -0.2) is 6.04 Å². The van der Waals surface area contributed by atoms with Crippen LogP contribution in [0.2, 0.25) is 0 Å². The maximum absolute atomic E-state index is 6.43. The number of hydrogen-bond donors (Lipinski definition) is 1. The zero-order valence-electron chi connectivity index (χ0n) is 11.4. The van der Waals surface area contributed by atoms with E-state index in [2.05, 4.69) is 61.5 Å². The summed E-state index contributed by atoms with van der Waals surface area (Å²) in [5, 5.41) is 0. The van der Waals surface area contributed by atoms with Gasteiger partial charge in [0.1, 0.15) is 0 Å². The van der Waals surface area contributed by atoms with E-state index in [1.54, 1.807) is 0 Å². The number of aryl methyl sites for hydroxylation is 1. The molecule has 2 N–H and O–H groups in total. The largest absolute Gasteiger partial charge is 0.327 e. The predicted octanol–water partition coefficient (Wildman–Crippen LogP) is 3.85. The van der Waals surface area contributed by atoms with Crippen LogP contribution in [0.15, 0.2) is 54.6 Å². The second-order valence-corrected chi connectivity index (χ2v) is 5.63. The molecule has 0 heterocycles. The first-order valence-corrected chi connectivity index (χ1v) is 7.15. The molecule has 98 valence electrons. The van der Waals surface area contributed by atoms with Crippen molar-refractivity contribution in [3.63, 3.8) is 0 Å². The van der Waals surface area contributed by atoms with Crippen LogP contribution in [0.25, 0.3) is 0 Å². The lowest BCUT2D eigenvalue weighted by atomic mass is 9.71. The Morgan fingerprint density at radius 2 is 1.68 bits per heavy atom. The molecule has 0 radical (unpaired) electrons. The van der Waals surface area contributed by atoms with Crippen molar-refractivity contribution in [2.45, 2.75) is 37.6 Å². The summed E-state index contributed by atoms with van der Waals surface area (Å²) in [5.41, 5.74) is 10.8. The smallest absolute Gasteiger partial charge is 0.0117 e. The van der Waals surface area contributed by atoms with E-state index in [0.29, 0.717) is 11.8 Å². The van der Waals surface area contributed by atoms with E-state index in [1.165, 1.54) is 16.7 Å². The van der Waals surface area contributed by atoms with Gasteiger partial charge in [0.25, 0.3) is 0 Å². The first kappa shape index (κ1) is 12.4. The Balaban J connectivity index is 2.00. The van der Waals surface area contributed by atoms with Gasteiger partial charge in [-0.25, -0.2) is 0 Å². The van der Waals surface area contributed by atoms with Crippen LogP contribution in [0, 0.1) is 0 Å². The van der Waals surface area contributed by atoms with Crippen molar-refractivity contribution in [3.8, 4) is 0 Å². The molecule has 0 spiro atoms. The van der Waals surface area contributed by atoms with Gasteiger partial charge in [0.05, 0.1) is 0 Å². The summed E-state index contributed by atoms with van der Waals surface area (Å²) in [5.74, 6) is 0.907. The molecule has 1 nitrogen and oxygen atoms in total. The third-order valence-electron chi connectivity index (χ3n) is 4.49. The lowest BCUT2D eigenvalue weighted by molar-refractivity contribution is 0.422. The first-order valence-electron chi connectivity index (χ1n) is 7.15. The van der Waals surface area contributed by atoms with Gasteiger partial charge in [-0.1, -0.05) is 61.5 Å². The average molecular weight is 251 g/mol. The van der Waals surface area contributed by atoms with Crippen LogP contribution in [-0.2, 0) is 6.42 Å². The standard InChI is InChI=1S/C18H21N/c1-13(14-7-3-2-4-8-14)18-16-10-6-5-9-15(16)11-12-17(18)19/h2-10,13,17-18H,11-12,19H2,1H3. The van der Waals surface area contributed by atoms with E-state index in [1.807, 2.05) is 0 Å². The number of rotatable bonds is 2. The summed E-state index contributed by atoms with van der Waals surface area (Å²) in [6.07, 6.45) is 2.22. The molecule has 0 bridgehead atoms. The fourth-order valence-corrected chi connectivity index (χ4v) is 3.42. The topological polar surface area (TPSA) is 26.0 Å². The molecule has 2 aromatic carbocycles. The second kappa shape index (κ2) is 5.18. The third kappa shape index (κ3) is 2.31. The Labute approximate surface area is 115 Å². The van der Waals surface area contributed by atoms with Gasteiger partial charge in [-0.2, -0.15) is 0 Å². The van der Waals surface area contributed by atoms with Gasteiger partial charge in [0.2, 0.25) is 0 Å². The van der Waals surface area contributed by atoms with Crippen molar-refractivity contribution in [1.82, 2.24) is 0 Å². The minimum absolute atomic E-state index is 0.269. The van der Waals surface area contributed by atoms with Crippen molar-refractivity contribution in [2.24, 2.45) is 5.73 Å². The molecule has 1 aliphatic rings. The fourth-order valence-electron chi connectivity index (χ4n) is 3.42. The SMILES string of the molecule is CC(c1ccccc1)C1c2ccccc2CCC1N. The number of fused-ring (bicyclic) bond motifs is 1. The van der Waals surface area contributed by atoms with Crippen LogP contribution in [0.4, 0.5) is 0 Å². The predicted molar refractivity (Wildman–Crippen MR) is 80.3 cm³/mol. The van der Waals surface area contributed by atoms with E-state index in [0.717, 1.165) is 12.8 Å². The van der Waals surface area contributed by atoms with E-state index in [9.17, 15) is 0 Å². The Bertz CT molecular complexity index is 547. The summed E-state index contributed by atoms with van der Waals surface area (Å²) >= 11 is 0. The molecule has 0 aliphatic heterocycles. The number of nitrogens with two attached hydrogens (primary N) is 1. The molecule has 3 atom stereocenters. The summed E-state index contributed by atoms with van der Waals surface area (Å²) < 4.78 is 0. The highest BCUT2D eigenvalue weighted by atomic mass is 14.7. The maximum Gasteiger partial charge on any atom is 0.0117 e. The van der Waals surface area contributed by atoms with Crippen LogP contribution in [0.1, 0.15) is 41.9 Å².